The van der Waals surface area contributed by atoms with Crippen LogP contribution in [-0.4, -0.2) is 35.1 Å². The number of nitrogens with one attached hydrogen (secondary N) is 1. The Morgan fingerprint density at radius 1 is 1.05 bits per heavy atom. The fourth-order valence-electron chi connectivity index (χ4n) is 3.94. The number of ether oxygens (including phenoxy) is 2. The molecule has 1 heterocycles. The number of hydrogen-bond donors (Lipinski definition) is 1. The van der Waals surface area contributed by atoms with Crippen LogP contribution in [0.2, 0.25) is 0 Å². The zero-order valence-corrected chi connectivity index (χ0v) is 22.3. The minimum Gasteiger partial charge on any atom is -0.494 e. The van der Waals surface area contributed by atoms with Gasteiger partial charge in [0.05, 0.1) is 18.5 Å². The molecule has 0 spiro atoms. The Hall–Kier alpha value is -4.39. The summed E-state index contributed by atoms with van der Waals surface area (Å²) in [5.74, 6) is 1.48. The summed E-state index contributed by atoms with van der Waals surface area (Å²) in [5, 5.41) is 9.00. The lowest BCUT2D eigenvalue weighted by Gasteiger charge is -2.14. The average molecular weight is 511 g/mol. The van der Waals surface area contributed by atoms with Crippen molar-refractivity contribution in [2.45, 2.75) is 40.0 Å². The lowest BCUT2D eigenvalue weighted by Crippen LogP contribution is -2.25. The molecular weight excluding hydrogens is 476 g/mol. The first-order valence-corrected chi connectivity index (χ1v) is 12.9. The first-order chi connectivity index (χ1) is 18.4. The Labute approximate surface area is 224 Å². The van der Waals surface area contributed by atoms with Gasteiger partial charge in [-0.2, -0.15) is 10.2 Å². The highest BCUT2D eigenvalue weighted by Gasteiger charge is 2.13. The van der Waals surface area contributed by atoms with Crippen molar-refractivity contribution in [3.05, 3.63) is 95.7 Å². The molecule has 7 heteroatoms. The molecule has 0 atom stereocenters. The van der Waals surface area contributed by atoms with Gasteiger partial charge in [-0.25, -0.2) is 10.1 Å². The highest BCUT2D eigenvalue weighted by atomic mass is 16.5. The number of hydrazone groups is 1. The van der Waals surface area contributed by atoms with Crippen molar-refractivity contribution in [1.29, 1.82) is 0 Å². The van der Waals surface area contributed by atoms with Crippen molar-refractivity contribution in [1.82, 2.24) is 15.2 Å². The van der Waals surface area contributed by atoms with Crippen molar-refractivity contribution in [3.8, 4) is 28.4 Å². The van der Waals surface area contributed by atoms with Gasteiger partial charge in [-0.15, -0.1) is 0 Å². The largest absolute Gasteiger partial charge is 0.494 e. The topological polar surface area (TPSA) is 77.7 Å². The normalized spacial score (nSPS) is 11.2. The predicted molar refractivity (Wildman–Crippen MR) is 151 cm³/mol. The van der Waals surface area contributed by atoms with Gasteiger partial charge in [0.2, 0.25) is 0 Å². The molecule has 4 aromatic rings. The Bertz CT molecular complexity index is 1380. The maximum Gasteiger partial charge on any atom is 0.277 e. The number of benzene rings is 3. The predicted octanol–water partition coefficient (Wildman–Crippen LogP) is 6.29. The van der Waals surface area contributed by atoms with Crippen LogP contribution in [0, 0.1) is 6.92 Å². The van der Waals surface area contributed by atoms with Crippen LogP contribution in [0.5, 0.6) is 11.5 Å². The Morgan fingerprint density at radius 3 is 2.53 bits per heavy atom. The molecule has 0 radical (unpaired) electrons. The number of para-hydroxylation sites is 1. The SMILES string of the molecule is CCCOc1ccc(-c2nn(-c3ccccc3)cc2C=NNC(=O)COc2cc(C)ccc2C(C)C)cc1. The van der Waals surface area contributed by atoms with Crippen LogP contribution in [0.3, 0.4) is 0 Å². The van der Waals surface area contributed by atoms with E-state index in [0.29, 0.717) is 12.5 Å². The summed E-state index contributed by atoms with van der Waals surface area (Å²) in [7, 11) is 0. The highest BCUT2D eigenvalue weighted by molar-refractivity contribution is 5.89. The van der Waals surface area contributed by atoms with Gasteiger partial charge in [0.15, 0.2) is 6.61 Å². The van der Waals surface area contributed by atoms with E-state index in [1.54, 1.807) is 10.9 Å². The summed E-state index contributed by atoms with van der Waals surface area (Å²) in [4.78, 5) is 12.5. The molecule has 0 saturated carbocycles. The molecule has 38 heavy (non-hydrogen) atoms. The molecule has 0 aliphatic heterocycles. The Balaban J connectivity index is 1.49. The maximum absolute atomic E-state index is 12.5. The summed E-state index contributed by atoms with van der Waals surface area (Å²) >= 11 is 0. The van der Waals surface area contributed by atoms with Crippen molar-refractivity contribution in [3.63, 3.8) is 0 Å². The summed E-state index contributed by atoms with van der Waals surface area (Å²) < 4.78 is 13.3. The molecule has 1 amide bonds. The van der Waals surface area contributed by atoms with Crippen LogP contribution >= 0.6 is 0 Å². The quantitative estimate of drug-likeness (QED) is 0.190. The van der Waals surface area contributed by atoms with Crippen LogP contribution in [0.4, 0.5) is 0 Å². The first kappa shape index (κ1) is 26.7. The molecule has 0 saturated heterocycles. The Kier molecular flexibility index (Phi) is 8.93. The number of nitrogens with zero attached hydrogens (tertiary/aromatic N) is 3. The molecule has 196 valence electrons. The first-order valence-electron chi connectivity index (χ1n) is 12.9. The number of carbonyl (C=O) groups excluding carboxylic acids is 1. The second-order valence-electron chi connectivity index (χ2n) is 9.36. The van der Waals surface area contributed by atoms with Crippen LogP contribution in [0.25, 0.3) is 16.9 Å². The molecule has 0 aliphatic carbocycles. The number of amides is 1. The molecule has 1 aromatic heterocycles. The van der Waals surface area contributed by atoms with Crippen molar-refractivity contribution >= 4 is 12.1 Å². The Morgan fingerprint density at radius 2 is 1.82 bits per heavy atom. The van der Waals surface area contributed by atoms with Gasteiger partial charge in [0, 0.05) is 17.3 Å². The molecule has 0 bridgehead atoms. The van der Waals surface area contributed by atoms with Crippen molar-refractivity contribution in [2.24, 2.45) is 5.10 Å². The second-order valence-corrected chi connectivity index (χ2v) is 9.36. The third-order valence-corrected chi connectivity index (χ3v) is 5.91. The molecule has 3 aromatic carbocycles. The van der Waals surface area contributed by atoms with E-state index < -0.39 is 0 Å². The van der Waals surface area contributed by atoms with E-state index in [1.165, 1.54) is 0 Å². The lowest BCUT2D eigenvalue weighted by molar-refractivity contribution is -0.123. The number of rotatable bonds is 11. The molecule has 0 unspecified atom stereocenters. The zero-order valence-electron chi connectivity index (χ0n) is 22.3. The third-order valence-electron chi connectivity index (χ3n) is 5.91. The molecule has 0 fully saturated rings. The van der Waals surface area contributed by atoms with Gasteiger partial charge in [-0.1, -0.05) is 51.1 Å². The van der Waals surface area contributed by atoms with Gasteiger partial charge in [-0.3, -0.25) is 4.79 Å². The number of carbonyl (C=O) groups is 1. The summed E-state index contributed by atoms with van der Waals surface area (Å²) in [6.07, 6.45) is 4.44. The third kappa shape index (κ3) is 6.88. The second kappa shape index (κ2) is 12.7. The zero-order chi connectivity index (χ0) is 26.9. The van der Waals surface area contributed by atoms with Crippen molar-refractivity contribution < 1.29 is 14.3 Å². The van der Waals surface area contributed by atoms with E-state index in [1.807, 2.05) is 85.9 Å². The molecule has 0 aliphatic rings. The van der Waals surface area contributed by atoms with Gasteiger partial charge in [0.25, 0.3) is 5.91 Å². The minimum atomic E-state index is -0.341. The number of hydrogen-bond acceptors (Lipinski definition) is 5. The van der Waals surface area contributed by atoms with E-state index in [2.05, 4.69) is 31.3 Å². The minimum absolute atomic E-state index is 0.129. The van der Waals surface area contributed by atoms with E-state index in [0.717, 1.165) is 51.6 Å². The summed E-state index contributed by atoms with van der Waals surface area (Å²) in [6, 6.07) is 23.7. The van der Waals surface area contributed by atoms with Crippen LogP contribution in [0.15, 0.2) is 84.1 Å². The smallest absolute Gasteiger partial charge is 0.277 e. The maximum atomic E-state index is 12.5. The highest BCUT2D eigenvalue weighted by Crippen LogP contribution is 2.28. The van der Waals surface area contributed by atoms with Crippen LogP contribution in [0.1, 0.15) is 49.8 Å². The van der Waals surface area contributed by atoms with Crippen LogP contribution < -0.4 is 14.9 Å². The van der Waals surface area contributed by atoms with E-state index in [-0.39, 0.29) is 12.5 Å². The molecule has 1 N–H and O–H groups in total. The van der Waals surface area contributed by atoms with Crippen LogP contribution in [-0.2, 0) is 4.79 Å². The summed E-state index contributed by atoms with van der Waals surface area (Å²) in [6.45, 7) is 8.82. The monoisotopic (exact) mass is 510 g/mol. The summed E-state index contributed by atoms with van der Waals surface area (Å²) in [5.41, 5.74) is 8.06. The average Bonchev–Trinajstić information content (AvgIpc) is 3.35. The fourth-order valence-corrected chi connectivity index (χ4v) is 3.94. The fraction of sp³-hybridized carbons (Fsp3) is 0.258. The standard InChI is InChI=1S/C31H34N4O3/c1-5-17-37-27-14-12-24(13-15-27)31-25(20-35(34-31)26-9-7-6-8-10-26)19-32-33-30(36)21-38-29-18-23(4)11-16-28(29)22(2)3/h6-16,18-20,22H,5,17,21H2,1-4H3,(H,33,36). The van der Waals surface area contributed by atoms with E-state index in [4.69, 9.17) is 14.6 Å². The molecular formula is C31H34N4O3. The van der Waals surface area contributed by atoms with Gasteiger partial charge in [0.1, 0.15) is 17.2 Å². The molecule has 7 nitrogen and oxygen atoms in total. The number of aryl methyl sites for hydroxylation is 1. The van der Waals surface area contributed by atoms with Crippen molar-refractivity contribution in [2.75, 3.05) is 13.2 Å². The van der Waals surface area contributed by atoms with Gasteiger partial charge in [-0.05, 0) is 72.9 Å². The van der Waals surface area contributed by atoms with E-state index in [9.17, 15) is 4.79 Å². The van der Waals surface area contributed by atoms with Gasteiger partial charge < -0.3 is 9.47 Å². The lowest BCUT2D eigenvalue weighted by atomic mass is 10.0. The van der Waals surface area contributed by atoms with Gasteiger partial charge >= 0.3 is 0 Å². The number of aromatic nitrogens is 2. The van der Waals surface area contributed by atoms with E-state index >= 15 is 0 Å². The molecule has 4 rings (SSSR count).